The predicted octanol–water partition coefficient (Wildman–Crippen LogP) is -1.92. The van der Waals surface area contributed by atoms with Crippen LogP contribution in [0.1, 0.15) is 0 Å². The summed E-state index contributed by atoms with van der Waals surface area (Å²) >= 11 is 0. The summed E-state index contributed by atoms with van der Waals surface area (Å²) in [5.74, 6) is -0.0587. The summed E-state index contributed by atoms with van der Waals surface area (Å²) in [5.41, 5.74) is 5.01. The largest absolute Gasteiger partial charge is 0.351 e. The molecular formula is C7H14N4O2. The Balaban J connectivity index is 2.14. The molecule has 1 heterocycles. The summed E-state index contributed by atoms with van der Waals surface area (Å²) in [7, 11) is 1.70. The van der Waals surface area contributed by atoms with Gasteiger partial charge in [-0.1, -0.05) is 0 Å². The zero-order valence-corrected chi connectivity index (χ0v) is 7.54. The molecule has 13 heavy (non-hydrogen) atoms. The molecule has 1 rings (SSSR count). The number of nitrogens with two attached hydrogens (primary N) is 1. The van der Waals surface area contributed by atoms with Crippen molar-refractivity contribution in [3.63, 3.8) is 0 Å². The standard InChI is InChI=1S/C7H14N4O2/c1-9-2-6(12)10-5-3-11(4-5)7(8)13/h5,9H,2-4H2,1H3,(H2,8,13)(H,10,12). The number of hydrogen-bond donors (Lipinski definition) is 3. The summed E-state index contributed by atoms with van der Waals surface area (Å²) in [6, 6.07) is -0.368. The van der Waals surface area contributed by atoms with E-state index in [2.05, 4.69) is 10.6 Å². The highest BCUT2D eigenvalue weighted by Gasteiger charge is 2.29. The van der Waals surface area contributed by atoms with Crippen LogP contribution in [0.4, 0.5) is 4.79 Å². The monoisotopic (exact) mass is 186 g/mol. The van der Waals surface area contributed by atoms with Crippen molar-refractivity contribution >= 4 is 11.9 Å². The second kappa shape index (κ2) is 4.08. The third-order valence-electron chi connectivity index (χ3n) is 1.90. The molecule has 0 aromatic carbocycles. The van der Waals surface area contributed by atoms with Crippen LogP contribution in [-0.4, -0.2) is 49.6 Å². The second-order valence-electron chi connectivity index (χ2n) is 3.04. The molecule has 0 aliphatic carbocycles. The van der Waals surface area contributed by atoms with Crippen molar-refractivity contribution in [2.45, 2.75) is 6.04 Å². The quantitative estimate of drug-likeness (QED) is 0.480. The van der Waals surface area contributed by atoms with Gasteiger partial charge in [-0.15, -0.1) is 0 Å². The molecule has 0 bridgehead atoms. The van der Waals surface area contributed by atoms with E-state index >= 15 is 0 Å². The summed E-state index contributed by atoms with van der Waals surface area (Å²) in [6.45, 7) is 1.34. The fourth-order valence-corrected chi connectivity index (χ4v) is 1.19. The van der Waals surface area contributed by atoms with Gasteiger partial charge in [-0.3, -0.25) is 4.79 Å². The van der Waals surface area contributed by atoms with Gasteiger partial charge in [0, 0.05) is 13.1 Å². The lowest BCUT2D eigenvalue weighted by Gasteiger charge is -2.38. The van der Waals surface area contributed by atoms with Crippen LogP contribution in [0, 0.1) is 0 Å². The van der Waals surface area contributed by atoms with E-state index in [1.807, 2.05) is 0 Å². The van der Waals surface area contributed by atoms with Gasteiger partial charge in [-0.25, -0.2) is 4.79 Å². The molecule has 0 unspecified atom stereocenters. The molecule has 74 valence electrons. The Hall–Kier alpha value is -1.30. The maximum absolute atomic E-state index is 11.0. The lowest BCUT2D eigenvalue weighted by Crippen LogP contribution is -2.62. The third-order valence-corrected chi connectivity index (χ3v) is 1.90. The minimum atomic E-state index is -0.431. The number of nitrogens with zero attached hydrogens (tertiary/aromatic N) is 1. The molecule has 3 amide bonds. The van der Waals surface area contributed by atoms with Crippen molar-refractivity contribution in [2.75, 3.05) is 26.7 Å². The number of likely N-dealkylation sites (N-methyl/N-ethyl adjacent to an activating group) is 1. The fourth-order valence-electron chi connectivity index (χ4n) is 1.19. The highest BCUT2D eigenvalue weighted by atomic mass is 16.2. The van der Waals surface area contributed by atoms with Crippen LogP contribution in [0.5, 0.6) is 0 Å². The van der Waals surface area contributed by atoms with Gasteiger partial charge in [0.2, 0.25) is 5.91 Å². The summed E-state index contributed by atoms with van der Waals surface area (Å²) in [5, 5.41) is 5.49. The summed E-state index contributed by atoms with van der Waals surface area (Å²) < 4.78 is 0. The molecule has 6 heteroatoms. The number of primary amides is 1. The van der Waals surface area contributed by atoms with E-state index in [1.54, 1.807) is 7.05 Å². The van der Waals surface area contributed by atoms with Crippen LogP contribution in [-0.2, 0) is 4.79 Å². The normalized spacial score (nSPS) is 16.5. The van der Waals surface area contributed by atoms with Crippen molar-refractivity contribution in [1.29, 1.82) is 0 Å². The minimum Gasteiger partial charge on any atom is -0.351 e. The number of nitrogens with one attached hydrogen (secondary N) is 2. The average molecular weight is 186 g/mol. The first-order chi connectivity index (χ1) is 6.13. The van der Waals surface area contributed by atoms with Gasteiger partial charge in [0.15, 0.2) is 0 Å². The maximum atomic E-state index is 11.0. The van der Waals surface area contributed by atoms with E-state index in [0.717, 1.165) is 0 Å². The Morgan fingerprint density at radius 2 is 2.15 bits per heavy atom. The number of amides is 3. The number of rotatable bonds is 3. The second-order valence-corrected chi connectivity index (χ2v) is 3.04. The molecule has 1 saturated heterocycles. The SMILES string of the molecule is CNCC(=O)NC1CN(C(N)=O)C1. The third kappa shape index (κ3) is 2.59. The van der Waals surface area contributed by atoms with Gasteiger partial charge >= 0.3 is 6.03 Å². The Morgan fingerprint density at radius 3 is 2.62 bits per heavy atom. The van der Waals surface area contributed by atoms with Crippen molar-refractivity contribution in [1.82, 2.24) is 15.5 Å². The van der Waals surface area contributed by atoms with Crippen LogP contribution in [0.25, 0.3) is 0 Å². The predicted molar refractivity (Wildman–Crippen MR) is 47.0 cm³/mol. The lowest BCUT2D eigenvalue weighted by atomic mass is 10.1. The first-order valence-electron chi connectivity index (χ1n) is 4.12. The number of urea groups is 1. The summed E-state index contributed by atoms with van der Waals surface area (Å²) in [6.07, 6.45) is 0. The molecule has 0 aromatic heterocycles. The topological polar surface area (TPSA) is 87.5 Å². The Bertz CT molecular complexity index is 213. The maximum Gasteiger partial charge on any atom is 0.314 e. The van der Waals surface area contributed by atoms with E-state index in [-0.39, 0.29) is 11.9 Å². The lowest BCUT2D eigenvalue weighted by molar-refractivity contribution is -0.121. The van der Waals surface area contributed by atoms with Gasteiger partial charge in [-0.05, 0) is 7.05 Å². The smallest absolute Gasteiger partial charge is 0.314 e. The highest BCUT2D eigenvalue weighted by molar-refractivity contribution is 5.79. The number of carbonyl (C=O) groups is 2. The molecular weight excluding hydrogens is 172 g/mol. The zero-order chi connectivity index (χ0) is 9.84. The van der Waals surface area contributed by atoms with Crippen LogP contribution in [0.2, 0.25) is 0 Å². The van der Waals surface area contributed by atoms with Crippen molar-refractivity contribution in [3.8, 4) is 0 Å². The number of carbonyl (C=O) groups excluding carboxylic acids is 2. The van der Waals surface area contributed by atoms with Gasteiger partial charge in [0.25, 0.3) is 0 Å². The van der Waals surface area contributed by atoms with Crippen molar-refractivity contribution in [3.05, 3.63) is 0 Å². The van der Waals surface area contributed by atoms with Crippen LogP contribution in [0.3, 0.4) is 0 Å². The molecule has 0 spiro atoms. The Labute approximate surface area is 76.4 Å². The number of likely N-dealkylation sites (tertiary alicyclic amines) is 1. The van der Waals surface area contributed by atoms with E-state index in [1.165, 1.54) is 4.90 Å². The summed E-state index contributed by atoms with van der Waals surface area (Å²) in [4.78, 5) is 23.1. The van der Waals surface area contributed by atoms with E-state index < -0.39 is 6.03 Å². The minimum absolute atomic E-state index is 0.0587. The van der Waals surface area contributed by atoms with Crippen LogP contribution < -0.4 is 16.4 Å². The van der Waals surface area contributed by atoms with Crippen molar-refractivity contribution in [2.24, 2.45) is 5.73 Å². The molecule has 4 N–H and O–H groups in total. The fraction of sp³-hybridized carbons (Fsp3) is 0.714. The van der Waals surface area contributed by atoms with Gasteiger partial charge < -0.3 is 21.3 Å². The van der Waals surface area contributed by atoms with Crippen LogP contribution in [0.15, 0.2) is 0 Å². The molecule has 1 aliphatic heterocycles. The van der Waals surface area contributed by atoms with E-state index in [9.17, 15) is 9.59 Å². The van der Waals surface area contributed by atoms with Gasteiger partial charge in [-0.2, -0.15) is 0 Å². The zero-order valence-electron chi connectivity index (χ0n) is 7.54. The molecule has 0 radical (unpaired) electrons. The first kappa shape index (κ1) is 9.79. The average Bonchev–Trinajstić information content (AvgIpc) is 1.95. The molecule has 0 saturated carbocycles. The Kier molecular flexibility index (Phi) is 3.07. The van der Waals surface area contributed by atoms with Gasteiger partial charge in [0.05, 0.1) is 12.6 Å². The Morgan fingerprint density at radius 1 is 1.54 bits per heavy atom. The molecule has 1 fully saturated rings. The molecule has 1 aliphatic rings. The highest BCUT2D eigenvalue weighted by Crippen LogP contribution is 2.05. The van der Waals surface area contributed by atoms with Crippen LogP contribution >= 0.6 is 0 Å². The molecule has 6 nitrogen and oxygen atoms in total. The van der Waals surface area contributed by atoms with Crippen molar-refractivity contribution < 1.29 is 9.59 Å². The molecule has 0 atom stereocenters. The van der Waals surface area contributed by atoms with E-state index in [0.29, 0.717) is 19.6 Å². The molecule has 0 aromatic rings. The first-order valence-corrected chi connectivity index (χ1v) is 4.12. The van der Waals surface area contributed by atoms with Gasteiger partial charge in [0.1, 0.15) is 0 Å². The van der Waals surface area contributed by atoms with E-state index in [4.69, 9.17) is 5.73 Å². The number of hydrogen-bond acceptors (Lipinski definition) is 3.